The van der Waals surface area contributed by atoms with Crippen LogP contribution in [0.2, 0.25) is 0 Å². The van der Waals surface area contributed by atoms with Crippen molar-refractivity contribution in [2.24, 2.45) is 11.8 Å². The lowest BCUT2D eigenvalue weighted by Gasteiger charge is -2.25. The zero-order valence-electron chi connectivity index (χ0n) is 15.1. The summed E-state index contributed by atoms with van der Waals surface area (Å²) in [6, 6.07) is 3.80. The van der Waals surface area contributed by atoms with E-state index in [1.54, 1.807) is 25.8 Å². The Morgan fingerprint density at radius 2 is 1.63 bits per heavy atom. The average molecular weight is 389 g/mol. The minimum absolute atomic E-state index is 0.352. The predicted octanol–water partition coefficient (Wildman–Crippen LogP) is 0.371. The topological polar surface area (TPSA) is 87.5 Å². The molecule has 144 valence electrons. The van der Waals surface area contributed by atoms with Crippen LogP contribution in [0.25, 0.3) is 5.82 Å². The van der Waals surface area contributed by atoms with Crippen LogP contribution in [0.4, 0.5) is 5.82 Å². The number of aromatic nitrogens is 4. The lowest BCUT2D eigenvalue weighted by Crippen LogP contribution is -2.42. The first-order valence-corrected chi connectivity index (χ1v) is 10.8. The second kappa shape index (κ2) is 6.54. The number of nitrogens with zero attached hydrogens (tertiary/aromatic N) is 7. The number of anilines is 1. The highest BCUT2D eigenvalue weighted by Crippen LogP contribution is 2.35. The van der Waals surface area contributed by atoms with E-state index in [-0.39, 0.29) is 0 Å². The highest BCUT2D eigenvalue weighted by molar-refractivity contribution is 7.86. The molecule has 2 unspecified atom stereocenters. The summed E-state index contributed by atoms with van der Waals surface area (Å²) in [5, 5.41) is 4.22. The van der Waals surface area contributed by atoms with Crippen LogP contribution >= 0.6 is 0 Å². The molecule has 2 atom stereocenters. The van der Waals surface area contributed by atoms with Gasteiger partial charge in [-0.15, -0.1) is 0 Å². The van der Waals surface area contributed by atoms with E-state index < -0.39 is 10.2 Å². The third-order valence-corrected chi connectivity index (χ3v) is 7.84. The summed E-state index contributed by atoms with van der Waals surface area (Å²) in [4.78, 5) is 10.9. The van der Waals surface area contributed by atoms with Crippen LogP contribution in [0.15, 0.2) is 30.9 Å². The van der Waals surface area contributed by atoms with Crippen molar-refractivity contribution in [2.75, 3.05) is 44.2 Å². The Morgan fingerprint density at radius 1 is 0.926 bits per heavy atom. The molecule has 0 radical (unpaired) electrons. The molecule has 5 heterocycles. The summed E-state index contributed by atoms with van der Waals surface area (Å²) in [5.74, 6) is 2.31. The maximum absolute atomic E-state index is 12.8. The Morgan fingerprint density at radius 3 is 2.30 bits per heavy atom. The molecular formula is C17H23N7O2S. The van der Waals surface area contributed by atoms with Gasteiger partial charge in [0.2, 0.25) is 0 Å². The molecule has 9 nitrogen and oxygen atoms in total. The van der Waals surface area contributed by atoms with Crippen LogP contribution in [-0.2, 0) is 10.2 Å². The van der Waals surface area contributed by atoms with Gasteiger partial charge in [0, 0.05) is 57.7 Å². The first-order valence-electron chi connectivity index (χ1n) is 9.43. The summed E-state index contributed by atoms with van der Waals surface area (Å²) in [6.45, 7) is 4.20. The zero-order valence-corrected chi connectivity index (χ0v) is 15.9. The highest BCUT2D eigenvalue weighted by atomic mass is 32.2. The van der Waals surface area contributed by atoms with Gasteiger partial charge in [-0.2, -0.15) is 22.1 Å². The van der Waals surface area contributed by atoms with Crippen molar-refractivity contribution in [3.8, 4) is 5.82 Å². The quantitative estimate of drug-likeness (QED) is 0.751. The molecule has 3 saturated heterocycles. The van der Waals surface area contributed by atoms with Crippen molar-refractivity contribution in [1.29, 1.82) is 0 Å². The smallest absolute Gasteiger partial charge is 0.281 e. The van der Waals surface area contributed by atoms with Gasteiger partial charge in [0.15, 0.2) is 5.82 Å². The molecule has 0 spiro atoms. The van der Waals surface area contributed by atoms with E-state index >= 15 is 0 Å². The monoisotopic (exact) mass is 389 g/mol. The second-order valence-electron chi connectivity index (χ2n) is 7.54. The molecule has 2 aromatic heterocycles. The first-order chi connectivity index (χ1) is 13.1. The lowest BCUT2D eigenvalue weighted by molar-refractivity contribution is 0.385. The van der Waals surface area contributed by atoms with Crippen molar-refractivity contribution < 1.29 is 8.42 Å². The van der Waals surface area contributed by atoms with Gasteiger partial charge in [0.25, 0.3) is 10.2 Å². The normalized spacial score (nSPS) is 26.7. The largest absolute Gasteiger partial charge is 0.356 e. The van der Waals surface area contributed by atoms with Gasteiger partial charge in [-0.25, -0.2) is 14.6 Å². The third kappa shape index (κ3) is 3.01. The molecule has 2 aromatic rings. The summed E-state index contributed by atoms with van der Waals surface area (Å²) >= 11 is 0. The maximum Gasteiger partial charge on any atom is 0.281 e. The minimum Gasteiger partial charge on any atom is -0.356 e. The average Bonchev–Trinajstić information content (AvgIpc) is 3.46. The molecule has 0 amide bonds. The van der Waals surface area contributed by atoms with E-state index in [0.717, 1.165) is 37.6 Å². The van der Waals surface area contributed by atoms with Gasteiger partial charge in [-0.3, -0.25) is 0 Å². The van der Waals surface area contributed by atoms with Gasteiger partial charge in [0.05, 0.1) is 0 Å². The van der Waals surface area contributed by atoms with E-state index in [1.165, 1.54) is 0 Å². The molecule has 27 heavy (non-hydrogen) atoms. The maximum atomic E-state index is 12.8. The molecule has 0 N–H and O–H groups in total. The minimum atomic E-state index is -3.29. The summed E-state index contributed by atoms with van der Waals surface area (Å²) in [5.41, 5.74) is 0. The molecule has 0 bridgehead atoms. The van der Waals surface area contributed by atoms with Crippen LogP contribution in [-0.4, -0.2) is 76.0 Å². The second-order valence-corrected chi connectivity index (χ2v) is 9.47. The van der Waals surface area contributed by atoms with Crippen LogP contribution in [0, 0.1) is 11.8 Å². The molecule has 3 aliphatic heterocycles. The fraction of sp³-hybridized carbons (Fsp3) is 0.588. The zero-order chi connectivity index (χ0) is 18.4. The fourth-order valence-electron chi connectivity index (χ4n) is 4.45. The van der Waals surface area contributed by atoms with Crippen molar-refractivity contribution in [2.45, 2.75) is 12.8 Å². The Hall–Kier alpha value is -2.04. The van der Waals surface area contributed by atoms with E-state index in [9.17, 15) is 8.42 Å². The SMILES string of the molecule is O=S(=O)(N1CCCC1)N1CC2CN(c3cc(-n4cccn4)ncn3)CC2C1. The lowest BCUT2D eigenvalue weighted by atomic mass is 10.0. The van der Waals surface area contributed by atoms with Crippen LogP contribution < -0.4 is 4.90 Å². The number of hydrogen-bond acceptors (Lipinski definition) is 6. The van der Waals surface area contributed by atoms with Crippen LogP contribution in [0.3, 0.4) is 0 Å². The molecule has 10 heteroatoms. The van der Waals surface area contributed by atoms with E-state index in [4.69, 9.17) is 0 Å². The van der Waals surface area contributed by atoms with Crippen molar-refractivity contribution in [1.82, 2.24) is 28.4 Å². The summed E-state index contributed by atoms with van der Waals surface area (Å²) < 4.78 is 30.7. The van der Waals surface area contributed by atoms with Crippen molar-refractivity contribution in [3.05, 3.63) is 30.9 Å². The molecule has 0 aliphatic carbocycles. The predicted molar refractivity (Wildman–Crippen MR) is 99.6 cm³/mol. The van der Waals surface area contributed by atoms with Crippen LogP contribution in [0.1, 0.15) is 12.8 Å². The van der Waals surface area contributed by atoms with Gasteiger partial charge in [-0.1, -0.05) is 0 Å². The molecule has 3 fully saturated rings. The number of fused-ring (bicyclic) bond motifs is 1. The Labute approximate surface area is 158 Å². The number of rotatable bonds is 4. The first kappa shape index (κ1) is 17.1. The Kier molecular flexibility index (Phi) is 4.14. The van der Waals surface area contributed by atoms with Crippen molar-refractivity contribution in [3.63, 3.8) is 0 Å². The molecule has 0 saturated carbocycles. The molecule has 3 aliphatic rings. The van der Waals surface area contributed by atoms with Gasteiger partial charge < -0.3 is 4.90 Å². The standard InChI is InChI=1S/C17H23N7O2S/c25-27(26,22-5-1-2-6-22)23-11-14-9-21(10-15(14)12-23)16-8-17(19-13-18-16)24-7-3-4-20-24/h3-4,7-8,13-15H,1-2,5-6,9-12H2. The van der Waals surface area contributed by atoms with Crippen molar-refractivity contribution >= 4 is 16.0 Å². The molecule has 0 aromatic carbocycles. The third-order valence-electron chi connectivity index (χ3n) is 5.87. The summed E-state index contributed by atoms with van der Waals surface area (Å²) in [7, 11) is -3.29. The Balaban J connectivity index is 1.28. The van der Waals surface area contributed by atoms with Crippen LogP contribution in [0.5, 0.6) is 0 Å². The van der Waals surface area contributed by atoms with Gasteiger partial charge in [0.1, 0.15) is 12.1 Å². The summed E-state index contributed by atoms with van der Waals surface area (Å²) in [6.07, 6.45) is 7.08. The molecular weight excluding hydrogens is 366 g/mol. The van der Waals surface area contributed by atoms with E-state index in [2.05, 4.69) is 20.0 Å². The van der Waals surface area contributed by atoms with Gasteiger partial charge in [-0.05, 0) is 30.7 Å². The van der Waals surface area contributed by atoms with E-state index in [1.807, 2.05) is 18.3 Å². The highest BCUT2D eigenvalue weighted by Gasteiger charge is 2.46. The number of hydrogen-bond donors (Lipinski definition) is 0. The van der Waals surface area contributed by atoms with E-state index in [0.29, 0.717) is 38.0 Å². The van der Waals surface area contributed by atoms with Gasteiger partial charge >= 0.3 is 0 Å². The Bertz CT molecular complexity index is 897. The molecule has 5 rings (SSSR count). The fourth-order valence-corrected chi connectivity index (χ4v) is 6.25.